The van der Waals surface area contributed by atoms with E-state index in [1.807, 2.05) is 6.92 Å². The zero-order valence-corrected chi connectivity index (χ0v) is 12.6. The Labute approximate surface area is 118 Å². The van der Waals surface area contributed by atoms with E-state index in [2.05, 4.69) is 10.3 Å². The first-order valence-electron chi connectivity index (χ1n) is 6.58. The Morgan fingerprint density at radius 3 is 2.55 bits per heavy atom. The van der Waals surface area contributed by atoms with Crippen LogP contribution in [0, 0.1) is 13.8 Å². The van der Waals surface area contributed by atoms with Gasteiger partial charge < -0.3 is 19.8 Å². The van der Waals surface area contributed by atoms with E-state index in [4.69, 9.17) is 9.47 Å². The van der Waals surface area contributed by atoms with Gasteiger partial charge in [-0.25, -0.2) is 4.79 Å². The average molecular weight is 282 g/mol. The maximum Gasteiger partial charge on any atom is 0.340 e. The molecule has 1 heterocycles. The first-order chi connectivity index (χ1) is 9.42. The molecule has 6 nitrogen and oxygen atoms in total. The van der Waals surface area contributed by atoms with E-state index >= 15 is 0 Å². The summed E-state index contributed by atoms with van der Waals surface area (Å²) >= 11 is 0. The number of carbonyl (C=O) groups is 2. The second-order valence-corrected chi connectivity index (χ2v) is 4.68. The summed E-state index contributed by atoms with van der Waals surface area (Å²) in [6.07, 6.45) is 0. The van der Waals surface area contributed by atoms with Crippen LogP contribution in [0.2, 0.25) is 0 Å². The van der Waals surface area contributed by atoms with Gasteiger partial charge in [-0.15, -0.1) is 0 Å². The van der Waals surface area contributed by atoms with Gasteiger partial charge in [-0.2, -0.15) is 0 Å². The quantitative estimate of drug-likeness (QED) is 0.776. The van der Waals surface area contributed by atoms with Crippen LogP contribution >= 0.6 is 0 Å². The van der Waals surface area contributed by atoms with Gasteiger partial charge in [-0.3, -0.25) is 4.79 Å². The van der Waals surface area contributed by atoms with E-state index in [0.29, 0.717) is 35.7 Å². The second-order valence-electron chi connectivity index (χ2n) is 4.68. The standard InChI is InChI=1S/C14H22N2O4/c1-6-20-14(18)11-9(3)12(16-10(11)4)13(17)15-8(2)7-19-5/h8,16H,6-7H2,1-5H3,(H,15,17). The maximum atomic E-state index is 12.1. The van der Waals surface area contributed by atoms with Gasteiger partial charge in [-0.05, 0) is 33.3 Å². The Kier molecular flexibility index (Phi) is 5.76. The summed E-state index contributed by atoms with van der Waals surface area (Å²) in [7, 11) is 1.57. The number of ether oxygens (including phenoxy) is 2. The first kappa shape index (κ1) is 16.2. The monoisotopic (exact) mass is 282 g/mol. The fraction of sp³-hybridized carbons (Fsp3) is 0.571. The largest absolute Gasteiger partial charge is 0.462 e. The van der Waals surface area contributed by atoms with Gasteiger partial charge in [0.1, 0.15) is 5.69 Å². The van der Waals surface area contributed by atoms with Crippen LogP contribution in [0.5, 0.6) is 0 Å². The number of hydrogen-bond acceptors (Lipinski definition) is 4. The van der Waals surface area contributed by atoms with Crippen LogP contribution < -0.4 is 5.32 Å². The summed E-state index contributed by atoms with van der Waals surface area (Å²) in [5, 5.41) is 2.80. The molecule has 0 saturated carbocycles. The van der Waals surface area contributed by atoms with Crippen molar-refractivity contribution in [2.75, 3.05) is 20.3 Å². The van der Waals surface area contributed by atoms with Crippen LogP contribution in [0.4, 0.5) is 0 Å². The molecule has 0 radical (unpaired) electrons. The predicted molar refractivity (Wildman–Crippen MR) is 75.0 cm³/mol. The van der Waals surface area contributed by atoms with Crippen molar-refractivity contribution < 1.29 is 19.1 Å². The van der Waals surface area contributed by atoms with Crippen molar-refractivity contribution >= 4 is 11.9 Å². The number of carbonyl (C=O) groups excluding carboxylic acids is 2. The first-order valence-corrected chi connectivity index (χ1v) is 6.58. The fourth-order valence-corrected chi connectivity index (χ4v) is 2.07. The molecule has 1 unspecified atom stereocenters. The van der Waals surface area contributed by atoms with Crippen molar-refractivity contribution in [3.8, 4) is 0 Å². The molecule has 1 amide bonds. The predicted octanol–water partition coefficient (Wildman–Crippen LogP) is 1.57. The average Bonchev–Trinajstić information content (AvgIpc) is 2.65. The lowest BCUT2D eigenvalue weighted by Crippen LogP contribution is -2.36. The molecule has 20 heavy (non-hydrogen) atoms. The molecule has 0 aliphatic carbocycles. The normalized spacial score (nSPS) is 12.1. The molecule has 1 aromatic rings. The summed E-state index contributed by atoms with van der Waals surface area (Å²) in [4.78, 5) is 26.9. The van der Waals surface area contributed by atoms with Gasteiger partial charge in [0, 0.05) is 18.8 Å². The van der Waals surface area contributed by atoms with Crippen molar-refractivity contribution in [2.45, 2.75) is 33.7 Å². The molecule has 0 bridgehead atoms. The molecular formula is C14H22N2O4. The molecule has 0 saturated heterocycles. The molecule has 2 N–H and O–H groups in total. The summed E-state index contributed by atoms with van der Waals surface area (Å²) < 4.78 is 9.96. The number of esters is 1. The minimum atomic E-state index is -0.414. The topological polar surface area (TPSA) is 80.4 Å². The van der Waals surface area contributed by atoms with Crippen molar-refractivity contribution in [3.05, 3.63) is 22.5 Å². The number of rotatable bonds is 6. The van der Waals surface area contributed by atoms with Crippen LogP contribution in [-0.2, 0) is 9.47 Å². The lowest BCUT2D eigenvalue weighted by Gasteiger charge is -2.12. The lowest BCUT2D eigenvalue weighted by molar-refractivity contribution is 0.0525. The number of aromatic amines is 1. The third kappa shape index (κ3) is 3.60. The van der Waals surface area contributed by atoms with Gasteiger partial charge in [0.2, 0.25) is 0 Å². The number of methoxy groups -OCH3 is 1. The number of aromatic nitrogens is 1. The van der Waals surface area contributed by atoms with Gasteiger partial charge in [0.15, 0.2) is 0 Å². The van der Waals surface area contributed by atoms with Gasteiger partial charge in [0.25, 0.3) is 5.91 Å². The number of nitrogens with one attached hydrogen (secondary N) is 2. The number of H-pyrrole nitrogens is 1. The van der Waals surface area contributed by atoms with Crippen molar-refractivity contribution in [1.29, 1.82) is 0 Å². The maximum absolute atomic E-state index is 12.1. The van der Waals surface area contributed by atoms with E-state index < -0.39 is 5.97 Å². The highest BCUT2D eigenvalue weighted by molar-refractivity contribution is 6.00. The molecular weight excluding hydrogens is 260 g/mol. The minimum Gasteiger partial charge on any atom is -0.462 e. The molecule has 0 fully saturated rings. The summed E-state index contributed by atoms with van der Waals surface area (Å²) in [6.45, 7) is 7.79. The molecule has 0 aromatic carbocycles. The van der Waals surface area contributed by atoms with E-state index in [9.17, 15) is 9.59 Å². The van der Waals surface area contributed by atoms with Gasteiger partial charge in [-0.1, -0.05) is 0 Å². The van der Waals surface area contributed by atoms with E-state index in [1.54, 1.807) is 27.9 Å². The molecule has 0 aliphatic rings. The lowest BCUT2D eigenvalue weighted by atomic mass is 10.1. The van der Waals surface area contributed by atoms with Crippen LogP contribution in [-0.4, -0.2) is 43.2 Å². The summed E-state index contributed by atoms with van der Waals surface area (Å²) in [5.41, 5.74) is 2.04. The van der Waals surface area contributed by atoms with E-state index in [-0.39, 0.29) is 11.9 Å². The van der Waals surface area contributed by atoms with Crippen LogP contribution in [0.25, 0.3) is 0 Å². The highest BCUT2D eigenvalue weighted by Crippen LogP contribution is 2.19. The smallest absolute Gasteiger partial charge is 0.340 e. The molecule has 0 aliphatic heterocycles. The third-order valence-electron chi connectivity index (χ3n) is 2.94. The molecule has 112 valence electrons. The Hall–Kier alpha value is -1.82. The Balaban J connectivity index is 2.95. The number of amides is 1. The third-order valence-corrected chi connectivity index (χ3v) is 2.94. The SMILES string of the molecule is CCOC(=O)c1c(C)[nH]c(C(=O)NC(C)COC)c1C. The number of aryl methyl sites for hydroxylation is 1. The van der Waals surface area contributed by atoms with Gasteiger partial charge >= 0.3 is 5.97 Å². The van der Waals surface area contributed by atoms with Crippen LogP contribution in [0.3, 0.4) is 0 Å². The van der Waals surface area contributed by atoms with E-state index in [1.165, 1.54) is 0 Å². The van der Waals surface area contributed by atoms with E-state index in [0.717, 1.165) is 0 Å². The molecule has 6 heteroatoms. The highest BCUT2D eigenvalue weighted by Gasteiger charge is 2.23. The molecule has 1 atom stereocenters. The minimum absolute atomic E-state index is 0.110. The molecule has 1 aromatic heterocycles. The fourth-order valence-electron chi connectivity index (χ4n) is 2.07. The van der Waals surface area contributed by atoms with Crippen LogP contribution in [0.15, 0.2) is 0 Å². The summed E-state index contributed by atoms with van der Waals surface area (Å²) in [6, 6.07) is -0.110. The molecule has 1 rings (SSSR count). The Morgan fingerprint density at radius 1 is 1.35 bits per heavy atom. The van der Waals surface area contributed by atoms with Crippen molar-refractivity contribution in [2.24, 2.45) is 0 Å². The number of hydrogen-bond donors (Lipinski definition) is 2. The van der Waals surface area contributed by atoms with Crippen molar-refractivity contribution in [1.82, 2.24) is 10.3 Å². The van der Waals surface area contributed by atoms with Crippen molar-refractivity contribution in [3.63, 3.8) is 0 Å². The zero-order valence-electron chi connectivity index (χ0n) is 12.6. The Bertz CT molecular complexity index is 494. The summed E-state index contributed by atoms with van der Waals surface area (Å²) in [5.74, 6) is -0.673. The van der Waals surface area contributed by atoms with Crippen LogP contribution in [0.1, 0.15) is 46.0 Å². The zero-order chi connectivity index (χ0) is 15.3. The Morgan fingerprint density at radius 2 is 2.00 bits per heavy atom. The van der Waals surface area contributed by atoms with Gasteiger partial charge in [0.05, 0.1) is 18.8 Å². The highest BCUT2D eigenvalue weighted by atomic mass is 16.5. The molecule has 0 spiro atoms. The second kappa shape index (κ2) is 7.09.